The van der Waals surface area contributed by atoms with E-state index in [1.165, 1.54) is 10.6 Å². The van der Waals surface area contributed by atoms with Gasteiger partial charge in [0.05, 0.1) is 5.52 Å². The Hall–Kier alpha value is -1.64. The van der Waals surface area contributed by atoms with E-state index < -0.39 is 0 Å². The molecule has 3 heteroatoms. The third-order valence-electron chi connectivity index (χ3n) is 1.82. The minimum absolute atomic E-state index is 0.298. The molecule has 0 aliphatic rings. The van der Waals surface area contributed by atoms with Crippen molar-refractivity contribution in [2.24, 2.45) is 0 Å². The minimum Gasteiger partial charge on any atom is -0.290 e. The molecule has 0 unspecified atom stereocenters. The molecule has 0 spiro atoms. The van der Waals surface area contributed by atoms with Crippen molar-refractivity contribution < 1.29 is 9.18 Å². The van der Waals surface area contributed by atoms with Gasteiger partial charge in [-0.2, -0.15) is 0 Å². The third-order valence-corrected chi connectivity index (χ3v) is 1.82. The molecule has 0 aliphatic heterocycles. The molecule has 12 heavy (non-hydrogen) atoms. The zero-order valence-corrected chi connectivity index (χ0v) is 6.20. The molecule has 1 heterocycles. The monoisotopic (exact) mass is 163 g/mol. The van der Waals surface area contributed by atoms with Crippen molar-refractivity contribution in [2.45, 2.75) is 0 Å². The molecular formula is C9H6FNO. The summed E-state index contributed by atoms with van der Waals surface area (Å²) in [6.07, 6.45) is 2.20. The van der Waals surface area contributed by atoms with Gasteiger partial charge >= 0.3 is 0 Å². The van der Waals surface area contributed by atoms with Crippen molar-refractivity contribution in [1.82, 2.24) is 4.57 Å². The Morgan fingerprint density at radius 3 is 2.92 bits per heavy atom. The lowest BCUT2D eigenvalue weighted by molar-refractivity contribution is 0.549. The van der Waals surface area contributed by atoms with Crippen LogP contribution in [-0.4, -0.2) is 11.0 Å². The minimum atomic E-state index is -0.298. The highest BCUT2D eigenvalue weighted by molar-refractivity contribution is 5.85. The second kappa shape index (κ2) is 2.44. The summed E-state index contributed by atoms with van der Waals surface area (Å²) in [5.41, 5.74) is 0.602. The van der Waals surface area contributed by atoms with Crippen LogP contribution in [0.3, 0.4) is 0 Å². The first-order valence-corrected chi connectivity index (χ1v) is 3.53. The summed E-state index contributed by atoms with van der Waals surface area (Å²) in [5.74, 6) is -0.298. The Kier molecular flexibility index (Phi) is 1.43. The molecular weight excluding hydrogens is 157 g/mol. The van der Waals surface area contributed by atoms with Crippen LogP contribution in [0.25, 0.3) is 10.9 Å². The van der Waals surface area contributed by atoms with Crippen molar-refractivity contribution in [1.29, 1.82) is 0 Å². The maximum atomic E-state index is 13.0. The molecule has 0 aliphatic carbocycles. The van der Waals surface area contributed by atoms with Crippen molar-refractivity contribution in [3.05, 3.63) is 36.3 Å². The molecule has 0 amide bonds. The van der Waals surface area contributed by atoms with E-state index in [0.717, 1.165) is 0 Å². The van der Waals surface area contributed by atoms with Gasteiger partial charge in [0.15, 0.2) is 0 Å². The van der Waals surface area contributed by atoms with Crippen molar-refractivity contribution >= 4 is 17.3 Å². The Morgan fingerprint density at radius 1 is 1.33 bits per heavy atom. The SMILES string of the molecule is O=Cn1ccc2c(F)cccc21. The first-order valence-electron chi connectivity index (χ1n) is 3.53. The molecule has 2 rings (SSSR count). The number of nitrogens with zero attached hydrogens (tertiary/aromatic N) is 1. The second-order valence-electron chi connectivity index (χ2n) is 2.50. The van der Waals surface area contributed by atoms with Gasteiger partial charge in [-0.3, -0.25) is 9.36 Å². The first kappa shape index (κ1) is 7.03. The van der Waals surface area contributed by atoms with Gasteiger partial charge in [0, 0.05) is 11.6 Å². The molecule has 0 saturated carbocycles. The predicted molar refractivity (Wildman–Crippen MR) is 44.0 cm³/mol. The molecule has 0 atom stereocenters. The third kappa shape index (κ3) is 0.830. The van der Waals surface area contributed by atoms with E-state index in [2.05, 4.69) is 0 Å². The quantitative estimate of drug-likeness (QED) is 0.588. The molecule has 0 saturated heterocycles. The average molecular weight is 163 g/mol. The van der Waals surface area contributed by atoms with Crippen LogP contribution in [-0.2, 0) is 4.79 Å². The summed E-state index contributed by atoms with van der Waals surface area (Å²) >= 11 is 0. The fraction of sp³-hybridized carbons (Fsp3) is 0. The highest BCUT2D eigenvalue weighted by atomic mass is 19.1. The summed E-state index contributed by atoms with van der Waals surface area (Å²) in [6, 6.07) is 6.24. The fourth-order valence-corrected chi connectivity index (χ4v) is 1.24. The van der Waals surface area contributed by atoms with Crippen molar-refractivity contribution in [3.8, 4) is 0 Å². The van der Waals surface area contributed by atoms with E-state index in [1.54, 1.807) is 24.4 Å². The highest BCUT2D eigenvalue weighted by Crippen LogP contribution is 2.17. The largest absolute Gasteiger partial charge is 0.290 e. The maximum absolute atomic E-state index is 13.0. The number of carbonyl (C=O) groups excluding carboxylic acids is 1. The van der Waals surface area contributed by atoms with Crippen LogP contribution in [0.15, 0.2) is 30.5 Å². The zero-order chi connectivity index (χ0) is 8.55. The van der Waals surface area contributed by atoms with Crippen LogP contribution >= 0.6 is 0 Å². The number of aromatic nitrogens is 1. The molecule has 0 bridgehead atoms. The average Bonchev–Trinajstić information content (AvgIpc) is 2.49. The van der Waals surface area contributed by atoms with Crippen LogP contribution < -0.4 is 0 Å². The number of fused-ring (bicyclic) bond motifs is 1. The predicted octanol–water partition coefficient (Wildman–Crippen LogP) is 1.82. The van der Waals surface area contributed by atoms with E-state index in [1.807, 2.05) is 0 Å². The van der Waals surface area contributed by atoms with Crippen molar-refractivity contribution in [3.63, 3.8) is 0 Å². The Labute approximate surface area is 68.2 Å². The van der Waals surface area contributed by atoms with Gasteiger partial charge in [-0.15, -0.1) is 0 Å². The van der Waals surface area contributed by atoms with Crippen LogP contribution in [0.5, 0.6) is 0 Å². The zero-order valence-electron chi connectivity index (χ0n) is 6.20. The summed E-state index contributed by atoms with van der Waals surface area (Å²) in [5, 5.41) is 0.476. The summed E-state index contributed by atoms with van der Waals surface area (Å²) in [6.45, 7) is 0. The van der Waals surface area contributed by atoms with Gasteiger partial charge in [-0.05, 0) is 18.2 Å². The number of benzene rings is 1. The molecule has 2 nitrogen and oxygen atoms in total. The van der Waals surface area contributed by atoms with E-state index in [9.17, 15) is 9.18 Å². The van der Waals surface area contributed by atoms with Crippen LogP contribution in [0.2, 0.25) is 0 Å². The number of hydrogen-bond donors (Lipinski definition) is 0. The highest BCUT2D eigenvalue weighted by Gasteiger charge is 2.02. The van der Waals surface area contributed by atoms with Gasteiger partial charge in [0.2, 0.25) is 6.41 Å². The first-order chi connectivity index (χ1) is 5.83. The van der Waals surface area contributed by atoms with Gasteiger partial charge in [0.1, 0.15) is 5.82 Å². The Morgan fingerprint density at radius 2 is 2.17 bits per heavy atom. The fourth-order valence-electron chi connectivity index (χ4n) is 1.24. The lowest BCUT2D eigenvalue weighted by Crippen LogP contribution is -1.90. The lowest BCUT2D eigenvalue weighted by Gasteiger charge is -1.93. The lowest BCUT2D eigenvalue weighted by atomic mass is 10.2. The van der Waals surface area contributed by atoms with E-state index in [0.29, 0.717) is 17.3 Å². The van der Waals surface area contributed by atoms with Crippen LogP contribution in [0.4, 0.5) is 4.39 Å². The molecule has 60 valence electrons. The number of rotatable bonds is 1. The van der Waals surface area contributed by atoms with E-state index >= 15 is 0 Å². The second-order valence-corrected chi connectivity index (χ2v) is 2.50. The van der Waals surface area contributed by atoms with Crippen molar-refractivity contribution in [2.75, 3.05) is 0 Å². The molecule has 1 aromatic carbocycles. The smallest absolute Gasteiger partial charge is 0.218 e. The summed E-state index contributed by atoms with van der Waals surface area (Å²) < 4.78 is 14.4. The van der Waals surface area contributed by atoms with Gasteiger partial charge in [-0.25, -0.2) is 4.39 Å². The van der Waals surface area contributed by atoms with E-state index in [4.69, 9.17) is 0 Å². The topological polar surface area (TPSA) is 22.0 Å². The van der Waals surface area contributed by atoms with Gasteiger partial charge < -0.3 is 0 Å². The maximum Gasteiger partial charge on any atom is 0.218 e. The number of halogens is 1. The van der Waals surface area contributed by atoms with Crippen LogP contribution in [0, 0.1) is 5.82 Å². The Bertz CT molecular complexity index is 433. The molecule has 0 radical (unpaired) electrons. The normalized spacial score (nSPS) is 10.4. The van der Waals surface area contributed by atoms with E-state index in [-0.39, 0.29) is 5.82 Å². The number of hydrogen-bond acceptors (Lipinski definition) is 1. The van der Waals surface area contributed by atoms with Crippen LogP contribution in [0.1, 0.15) is 0 Å². The molecule has 0 fully saturated rings. The van der Waals surface area contributed by atoms with Gasteiger partial charge in [-0.1, -0.05) is 6.07 Å². The molecule has 1 aromatic heterocycles. The standard InChI is InChI=1S/C9H6FNO/c10-8-2-1-3-9-7(8)4-5-11(9)6-12/h1-6H. The summed E-state index contributed by atoms with van der Waals surface area (Å²) in [7, 11) is 0. The molecule has 2 aromatic rings. The Balaban J connectivity index is 2.88. The molecule has 0 N–H and O–H groups in total. The summed E-state index contributed by atoms with van der Waals surface area (Å²) in [4.78, 5) is 10.4. The van der Waals surface area contributed by atoms with Gasteiger partial charge in [0.25, 0.3) is 0 Å². The number of carbonyl (C=O) groups is 1.